The number of ether oxygens (including phenoxy) is 2. The Morgan fingerprint density at radius 3 is 2.62 bits per heavy atom. The van der Waals surface area contributed by atoms with Crippen LogP contribution in [0.25, 0.3) is 11.1 Å². The van der Waals surface area contributed by atoms with Crippen molar-refractivity contribution < 1.29 is 31.8 Å². The molecule has 1 atom stereocenters. The lowest BCUT2D eigenvalue weighted by Crippen LogP contribution is -2.36. The van der Waals surface area contributed by atoms with Crippen LogP contribution in [0, 0.1) is 30.5 Å². The standard InChI is InChI=1S/C29H26F4N4O3/c1-18-12-23(30)25(36-28(38)20-4-6-34-27(14-20)29(31,32)33)15-22(18)21-13-26(37-7-10-39-11-8-37)24(35-16-21)3-2-19-5-9-40-17-19/h4,6,12-16,19H,5,7-11,17H2,1H3,(H,36,38)/t19-/m1/s1. The highest BCUT2D eigenvalue weighted by Gasteiger charge is 2.33. The van der Waals surface area contributed by atoms with Crippen LogP contribution in [0.3, 0.4) is 0 Å². The van der Waals surface area contributed by atoms with Crippen molar-refractivity contribution in [2.24, 2.45) is 5.92 Å². The molecular formula is C29H26F4N4O3. The number of carbonyl (C=O) groups is 1. The summed E-state index contributed by atoms with van der Waals surface area (Å²) < 4.78 is 65.0. The van der Waals surface area contributed by atoms with Crippen molar-refractivity contribution >= 4 is 17.3 Å². The zero-order valence-corrected chi connectivity index (χ0v) is 21.6. The Morgan fingerprint density at radius 1 is 1.10 bits per heavy atom. The van der Waals surface area contributed by atoms with Gasteiger partial charge in [0.1, 0.15) is 17.2 Å². The Balaban J connectivity index is 1.47. The molecule has 5 rings (SSSR count). The van der Waals surface area contributed by atoms with Crippen molar-refractivity contribution in [1.82, 2.24) is 9.97 Å². The molecule has 2 fully saturated rings. The van der Waals surface area contributed by atoms with Crippen LogP contribution in [-0.2, 0) is 15.7 Å². The molecule has 2 saturated heterocycles. The fourth-order valence-corrected chi connectivity index (χ4v) is 4.56. The highest BCUT2D eigenvalue weighted by atomic mass is 19.4. The SMILES string of the molecule is Cc1cc(F)c(NC(=O)c2ccnc(C(F)(F)F)c2)cc1-c1cnc(C#C[C@@H]2CCOC2)c(N2CCOCC2)c1. The van der Waals surface area contributed by atoms with E-state index < -0.39 is 23.6 Å². The molecule has 2 aliphatic heterocycles. The molecule has 3 aromatic rings. The Hall–Kier alpha value is -4.01. The number of benzene rings is 1. The average molecular weight is 555 g/mol. The minimum absolute atomic E-state index is 0.150. The van der Waals surface area contributed by atoms with Gasteiger partial charge in [0.05, 0.1) is 31.2 Å². The predicted molar refractivity (Wildman–Crippen MR) is 140 cm³/mol. The molecule has 1 amide bonds. The van der Waals surface area contributed by atoms with Crippen LogP contribution in [-0.4, -0.2) is 55.4 Å². The summed E-state index contributed by atoms with van der Waals surface area (Å²) in [5.74, 6) is 4.98. The van der Waals surface area contributed by atoms with Gasteiger partial charge in [-0.25, -0.2) is 9.37 Å². The lowest BCUT2D eigenvalue weighted by Gasteiger charge is -2.29. The number of hydrogen-bond acceptors (Lipinski definition) is 6. The number of halogens is 4. The normalized spacial score (nSPS) is 17.3. The minimum atomic E-state index is -4.72. The molecule has 2 aliphatic rings. The Bertz CT molecular complexity index is 1470. The van der Waals surface area contributed by atoms with Crippen LogP contribution >= 0.6 is 0 Å². The highest BCUT2D eigenvalue weighted by Crippen LogP contribution is 2.33. The van der Waals surface area contributed by atoms with E-state index in [4.69, 9.17) is 9.47 Å². The second-order valence-electron chi connectivity index (χ2n) is 9.55. The number of rotatable bonds is 4. The predicted octanol–water partition coefficient (Wildman–Crippen LogP) is 5.09. The fraction of sp³-hybridized carbons (Fsp3) is 0.345. The van der Waals surface area contributed by atoms with Crippen LogP contribution in [0.5, 0.6) is 0 Å². The van der Waals surface area contributed by atoms with E-state index >= 15 is 0 Å². The number of amides is 1. The summed E-state index contributed by atoms with van der Waals surface area (Å²) in [4.78, 5) is 22.8. The van der Waals surface area contributed by atoms with Gasteiger partial charge in [0, 0.05) is 49.1 Å². The maximum absolute atomic E-state index is 14.9. The summed E-state index contributed by atoms with van der Waals surface area (Å²) in [5, 5.41) is 2.39. The number of pyridine rings is 2. The molecule has 2 aromatic heterocycles. The van der Waals surface area contributed by atoms with Gasteiger partial charge < -0.3 is 19.7 Å². The Morgan fingerprint density at radius 2 is 1.90 bits per heavy atom. The first kappa shape index (κ1) is 27.6. The number of nitrogens with zero attached hydrogens (tertiary/aromatic N) is 3. The van der Waals surface area contributed by atoms with E-state index in [0.717, 1.165) is 24.4 Å². The highest BCUT2D eigenvalue weighted by molar-refractivity contribution is 6.04. The molecule has 4 heterocycles. The summed E-state index contributed by atoms with van der Waals surface area (Å²) in [6.07, 6.45) is -1.31. The lowest BCUT2D eigenvalue weighted by molar-refractivity contribution is -0.141. The van der Waals surface area contributed by atoms with Crippen LogP contribution in [0.1, 0.15) is 33.7 Å². The molecule has 40 heavy (non-hydrogen) atoms. The molecule has 0 spiro atoms. The number of alkyl halides is 3. The molecule has 1 N–H and O–H groups in total. The number of hydrogen-bond donors (Lipinski definition) is 1. The molecule has 7 nitrogen and oxygen atoms in total. The first-order valence-electron chi connectivity index (χ1n) is 12.8. The minimum Gasteiger partial charge on any atom is -0.380 e. The third-order valence-electron chi connectivity index (χ3n) is 6.73. The van der Waals surface area contributed by atoms with Crippen molar-refractivity contribution in [1.29, 1.82) is 0 Å². The quantitative estimate of drug-likeness (QED) is 0.358. The van der Waals surface area contributed by atoms with Gasteiger partial charge in [-0.05, 0) is 60.7 Å². The van der Waals surface area contributed by atoms with E-state index in [-0.39, 0.29) is 17.2 Å². The van der Waals surface area contributed by atoms with Gasteiger partial charge in [0.25, 0.3) is 5.91 Å². The van der Waals surface area contributed by atoms with Crippen molar-refractivity contribution in [2.75, 3.05) is 49.7 Å². The van der Waals surface area contributed by atoms with E-state index in [2.05, 4.69) is 32.0 Å². The lowest BCUT2D eigenvalue weighted by atomic mass is 9.99. The van der Waals surface area contributed by atoms with Crippen molar-refractivity contribution in [2.45, 2.75) is 19.5 Å². The third kappa shape index (κ3) is 6.24. The van der Waals surface area contributed by atoms with E-state index in [1.807, 2.05) is 6.07 Å². The monoisotopic (exact) mass is 554 g/mol. The number of aromatic nitrogens is 2. The Labute approximate surface area is 228 Å². The molecule has 1 aromatic carbocycles. The van der Waals surface area contributed by atoms with Gasteiger partial charge in [0.2, 0.25) is 0 Å². The van der Waals surface area contributed by atoms with Gasteiger partial charge in [-0.15, -0.1) is 0 Å². The smallest absolute Gasteiger partial charge is 0.380 e. The number of carbonyl (C=O) groups excluding carboxylic acids is 1. The zero-order chi connectivity index (χ0) is 28.3. The third-order valence-corrected chi connectivity index (χ3v) is 6.73. The summed E-state index contributed by atoms with van der Waals surface area (Å²) in [7, 11) is 0. The van der Waals surface area contributed by atoms with Gasteiger partial charge in [-0.3, -0.25) is 9.78 Å². The van der Waals surface area contributed by atoms with E-state index in [1.54, 1.807) is 13.1 Å². The molecule has 0 aliphatic carbocycles. The molecule has 0 unspecified atom stereocenters. The average Bonchev–Trinajstić information content (AvgIpc) is 3.47. The molecule has 11 heteroatoms. The van der Waals surface area contributed by atoms with Crippen LogP contribution in [0.2, 0.25) is 0 Å². The first-order valence-corrected chi connectivity index (χ1v) is 12.8. The largest absolute Gasteiger partial charge is 0.433 e. The van der Waals surface area contributed by atoms with Gasteiger partial charge >= 0.3 is 6.18 Å². The number of morpholine rings is 1. The van der Waals surface area contributed by atoms with Crippen molar-refractivity contribution in [3.63, 3.8) is 0 Å². The summed E-state index contributed by atoms with van der Waals surface area (Å²) in [5.41, 5.74) is 1.62. The van der Waals surface area contributed by atoms with Crippen LogP contribution < -0.4 is 10.2 Å². The van der Waals surface area contributed by atoms with Gasteiger partial charge in [-0.2, -0.15) is 13.2 Å². The topological polar surface area (TPSA) is 76.6 Å². The van der Waals surface area contributed by atoms with E-state index in [0.29, 0.717) is 68.0 Å². The van der Waals surface area contributed by atoms with Gasteiger partial charge in [0.15, 0.2) is 0 Å². The maximum atomic E-state index is 14.9. The molecule has 0 saturated carbocycles. The molecule has 0 bridgehead atoms. The van der Waals surface area contributed by atoms with E-state index in [9.17, 15) is 22.4 Å². The molecule has 208 valence electrons. The summed E-state index contributed by atoms with van der Waals surface area (Å²) >= 11 is 0. The van der Waals surface area contributed by atoms with Crippen molar-refractivity contribution in [3.05, 3.63) is 71.1 Å². The summed E-state index contributed by atoms with van der Waals surface area (Å²) in [6.45, 7) is 5.44. The van der Waals surface area contributed by atoms with E-state index in [1.165, 1.54) is 12.1 Å². The number of anilines is 2. The molecular weight excluding hydrogens is 528 g/mol. The van der Waals surface area contributed by atoms with Crippen molar-refractivity contribution in [3.8, 4) is 23.0 Å². The van der Waals surface area contributed by atoms with Crippen LogP contribution in [0.15, 0.2) is 42.7 Å². The maximum Gasteiger partial charge on any atom is 0.433 e. The fourth-order valence-electron chi connectivity index (χ4n) is 4.56. The zero-order valence-electron chi connectivity index (χ0n) is 21.6. The number of nitrogens with one attached hydrogen (secondary N) is 1. The summed E-state index contributed by atoms with van der Waals surface area (Å²) in [6, 6.07) is 6.40. The Kier molecular flexibility index (Phi) is 8.00. The second-order valence-corrected chi connectivity index (χ2v) is 9.55. The number of aryl methyl sites for hydroxylation is 1. The second kappa shape index (κ2) is 11.6. The van der Waals surface area contributed by atoms with Crippen LogP contribution in [0.4, 0.5) is 28.9 Å². The van der Waals surface area contributed by atoms with Gasteiger partial charge in [-0.1, -0.05) is 5.92 Å². The first-order chi connectivity index (χ1) is 19.2. The molecule has 0 radical (unpaired) electrons.